The van der Waals surface area contributed by atoms with Crippen LogP contribution in [0.1, 0.15) is 56.6 Å². The fourth-order valence-corrected chi connectivity index (χ4v) is 4.28. The largest absolute Gasteiger partial charge is 0.489 e. The molecule has 192 valence electrons. The highest BCUT2D eigenvalue weighted by Gasteiger charge is 2.28. The van der Waals surface area contributed by atoms with E-state index < -0.39 is 11.6 Å². The van der Waals surface area contributed by atoms with Crippen molar-refractivity contribution in [2.24, 2.45) is 13.0 Å². The summed E-state index contributed by atoms with van der Waals surface area (Å²) in [6.45, 7) is 6.17. The van der Waals surface area contributed by atoms with Crippen molar-refractivity contribution in [2.75, 3.05) is 12.4 Å². The number of carboxylic acids is 1. The van der Waals surface area contributed by atoms with Gasteiger partial charge in [-0.1, -0.05) is 5.21 Å². The maximum absolute atomic E-state index is 11.4. The number of aromatic nitrogens is 6. The van der Waals surface area contributed by atoms with Gasteiger partial charge >= 0.3 is 5.97 Å². The van der Waals surface area contributed by atoms with E-state index in [1.165, 1.54) is 0 Å². The van der Waals surface area contributed by atoms with Crippen LogP contribution in [-0.2, 0) is 28.7 Å². The van der Waals surface area contributed by atoms with Gasteiger partial charge < -0.3 is 19.9 Å². The number of anilines is 1. The highest BCUT2D eigenvalue weighted by molar-refractivity contribution is 5.70. The van der Waals surface area contributed by atoms with Gasteiger partial charge in [0.1, 0.15) is 17.0 Å². The lowest BCUT2D eigenvalue weighted by atomic mass is 9.87. The molecular formula is C25H33N7O4. The monoisotopic (exact) mass is 495 g/mol. The molecule has 0 amide bonds. The molecule has 0 radical (unpaired) electrons. The lowest BCUT2D eigenvalue weighted by Gasteiger charge is -2.27. The lowest BCUT2D eigenvalue weighted by molar-refractivity contribution is -0.143. The van der Waals surface area contributed by atoms with Crippen LogP contribution in [0.2, 0.25) is 0 Å². The molecule has 0 bridgehead atoms. The molecule has 3 aromatic heterocycles. The number of pyridine rings is 1. The van der Waals surface area contributed by atoms with Crippen LogP contribution in [0, 0.1) is 12.8 Å². The average Bonchev–Trinajstić information content (AvgIpc) is 3.24. The van der Waals surface area contributed by atoms with Gasteiger partial charge in [0.05, 0.1) is 41.3 Å². The van der Waals surface area contributed by atoms with Crippen LogP contribution < -0.4 is 10.1 Å². The Balaban J connectivity index is 1.48. The molecule has 0 aliphatic heterocycles. The number of rotatable bonds is 9. The van der Waals surface area contributed by atoms with Crippen molar-refractivity contribution in [3.8, 4) is 17.1 Å². The van der Waals surface area contributed by atoms with Crippen molar-refractivity contribution in [3.05, 3.63) is 41.5 Å². The van der Waals surface area contributed by atoms with E-state index in [4.69, 9.17) is 14.5 Å². The van der Waals surface area contributed by atoms with E-state index in [9.17, 15) is 9.90 Å². The molecule has 2 atom stereocenters. The predicted octanol–water partition coefficient (Wildman–Crippen LogP) is 3.49. The standard InChI is InChI=1S/C25H33N7O4/c1-15-20(36-17-8-6-7-16(13-17)23(33)34)10-9-18(28-15)22-19(32(4)31-30-22)14-27-24-26-12-11-21(29-24)25(2,3)35-5/h9-12,16-17H,6-8,13-14H2,1-5H3,(H,33,34)(H,26,27,29)/t16-,17-/m0/s1. The number of methoxy groups -OCH3 is 1. The zero-order valence-electron chi connectivity index (χ0n) is 21.4. The Kier molecular flexibility index (Phi) is 7.48. The van der Waals surface area contributed by atoms with E-state index in [1.807, 2.05) is 46.0 Å². The molecule has 2 N–H and O–H groups in total. The number of aryl methyl sites for hydroxylation is 2. The van der Waals surface area contributed by atoms with Crippen LogP contribution in [0.5, 0.6) is 5.75 Å². The maximum Gasteiger partial charge on any atom is 0.306 e. The fourth-order valence-electron chi connectivity index (χ4n) is 4.28. The SMILES string of the molecule is COC(C)(C)c1ccnc(NCc2c(-c3ccc(O[C@H]4CCC[C@H](C(=O)O)C4)c(C)n3)nnn2C)n1. The number of carboxylic acid groups (broad SMARTS) is 1. The molecule has 0 unspecified atom stereocenters. The van der Waals surface area contributed by atoms with Gasteiger partial charge in [0.25, 0.3) is 0 Å². The third kappa shape index (κ3) is 5.62. The van der Waals surface area contributed by atoms with Crippen LogP contribution >= 0.6 is 0 Å². The van der Waals surface area contributed by atoms with E-state index >= 15 is 0 Å². The minimum absolute atomic E-state index is 0.124. The van der Waals surface area contributed by atoms with E-state index in [0.29, 0.717) is 48.2 Å². The third-order valence-electron chi connectivity index (χ3n) is 6.69. The topological polar surface area (TPSA) is 137 Å². The number of nitrogens with zero attached hydrogens (tertiary/aromatic N) is 6. The molecule has 1 saturated carbocycles. The van der Waals surface area contributed by atoms with Gasteiger partial charge in [-0.15, -0.1) is 5.10 Å². The minimum atomic E-state index is -0.753. The summed E-state index contributed by atoms with van der Waals surface area (Å²) in [5, 5.41) is 21.1. The molecule has 11 heteroatoms. The normalized spacial score (nSPS) is 18.1. The van der Waals surface area contributed by atoms with E-state index in [1.54, 1.807) is 18.0 Å². The third-order valence-corrected chi connectivity index (χ3v) is 6.69. The molecule has 0 saturated heterocycles. The smallest absolute Gasteiger partial charge is 0.306 e. The highest BCUT2D eigenvalue weighted by Crippen LogP contribution is 2.30. The first-order chi connectivity index (χ1) is 17.2. The van der Waals surface area contributed by atoms with Gasteiger partial charge in [-0.25, -0.2) is 19.6 Å². The second kappa shape index (κ2) is 10.6. The van der Waals surface area contributed by atoms with Gasteiger partial charge in [0, 0.05) is 20.4 Å². The number of hydrogen-bond donors (Lipinski definition) is 2. The summed E-state index contributed by atoms with van der Waals surface area (Å²) in [5.74, 6) is 0.0298. The Hall–Kier alpha value is -3.60. The summed E-state index contributed by atoms with van der Waals surface area (Å²) in [5.41, 5.74) is 3.10. The summed E-state index contributed by atoms with van der Waals surface area (Å²) >= 11 is 0. The van der Waals surface area contributed by atoms with Gasteiger partial charge in [0.2, 0.25) is 5.95 Å². The molecule has 3 heterocycles. The first kappa shape index (κ1) is 25.5. The molecule has 36 heavy (non-hydrogen) atoms. The van der Waals surface area contributed by atoms with Crippen LogP contribution in [-0.4, -0.2) is 54.2 Å². The predicted molar refractivity (Wildman–Crippen MR) is 132 cm³/mol. The Morgan fingerprint density at radius 3 is 2.78 bits per heavy atom. The minimum Gasteiger partial charge on any atom is -0.489 e. The lowest BCUT2D eigenvalue weighted by Crippen LogP contribution is -2.29. The highest BCUT2D eigenvalue weighted by atomic mass is 16.5. The molecule has 0 aromatic carbocycles. The van der Waals surface area contributed by atoms with Crippen molar-refractivity contribution in [1.82, 2.24) is 29.9 Å². The first-order valence-corrected chi connectivity index (χ1v) is 12.1. The van der Waals surface area contributed by atoms with E-state index in [0.717, 1.165) is 24.2 Å². The summed E-state index contributed by atoms with van der Waals surface area (Å²) in [4.78, 5) is 25.0. The second-order valence-corrected chi connectivity index (χ2v) is 9.56. The summed E-state index contributed by atoms with van der Waals surface area (Å²) in [6, 6.07) is 5.55. The first-order valence-electron chi connectivity index (χ1n) is 12.1. The van der Waals surface area contributed by atoms with Crippen LogP contribution in [0.25, 0.3) is 11.4 Å². The molecule has 0 spiro atoms. The number of carbonyl (C=O) groups is 1. The van der Waals surface area contributed by atoms with Crippen LogP contribution in [0.3, 0.4) is 0 Å². The summed E-state index contributed by atoms with van der Waals surface area (Å²) < 4.78 is 13.4. The van der Waals surface area contributed by atoms with Crippen LogP contribution in [0.4, 0.5) is 5.95 Å². The second-order valence-electron chi connectivity index (χ2n) is 9.56. The fraction of sp³-hybridized carbons (Fsp3) is 0.520. The van der Waals surface area contributed by atoms with Crippen LogP contribution in [0.15, 0.2) is 24.4 Å². The van der Waals surface area contributed by atoms with Crippen molar-refractivity contribution in [3.63, 3.8) is 0 Å². The van der Waals surface area contributed by atoms with Crippen molar-refractivity contribution < 1.29 is 19.4 Å². The molecule has 1 fully saturated rings. The van der Waals surface area contributed by atoms with Gasteiger partial charge in [-0.2, -0.15) is 0 Å². The molecule has 4 rings (SSSR count). The Morgan fingerprint density at radius 1 is 1.25 bits per heavy atom. The average molecular weight is 496 g/mol. The van der Waals surface area contributed by atoms with E-state index in [-0.39, 0.29) is 12.0 Å². The van der Waals surface area contributed by atoms with Crippen molar-refractivity contribution in [1.29, 1.82) is 0 Å². The van der Waals surface area contributed by atoms with Gasteiger partial charge in [-0.3, -0.25) is 4.79 Å². The quantitative estimate of drug-likeness (QED) is 0.454. The Labute approximate surface area is 210 Å². The number of aliphatic carboxylic acids is 1. The summed E-state index contributed by atoms with van der Waals surface area (Å²) in [6.07, 6.45) is 4.48. The van der Waals surface area contributed by atoms with Gasteiger partial charge in [0.15, 0.2) is 0 Å². The molecular weight excluding hydrogens is 462 g/mol. The van der Waals surface area contributed by atoms with E-state index in [2.05, 4.69) is 25.6 Å². The molecule has 1 aliphatic carbocycles. The number of hydrogen-bond acceptors (Lipinski definition) is 9. The number of nitrogens with one attached hydrogen (secondary N) is 1. The molecule has 3 aromatic rings. The Bertz CT molecular complexity index is 1230. The van der Waals surface area contributed by atoms with Gasteiger partial charge in [-0.05, 0) is 64.7 Å². The Morgan fingerprint density at radius 2 is 2.06 bits per heavy atom. The van der Waals surface area contributed by atoms with Crippen molar-refractivity contribution in [2.45, 2.75) is 64.7 Å². The maximum atomic E-state index is 11.4. The molecule has 1 aliphatic rings. The number of ether oxygens (including phenoxy) is 2. The zero-order chi connectivity index (χ0) is 25.9. The van der Waals surface area contributed by atoms with Crippen molar-refractivity contribution >= 4 is 11.9 Å². The molecule has 11 nitrogen and oxygen atoms in total. The summed E-state index contributed by atoms with van der Waals surface area (Å²) in [7, 11) is 3.47. The zero-order valence-corrected chi connectivity index (χ0v) is 21.4.